The van der Waals surface area contributed by atoms with E-state index in [1.54, 1.807) is 13.3 Å². The molecule has 3 rings (SSSR count). The molecule has 1 aliphatic heterocycles. The number of hydrogen-bond donors (Lipinski definition) is 1. The van der Waals surface area contributed by atoms with Crippen LogP contribution in [0.3, 0.4) is 0 Å². The molecule has 2 aromatic rings. The van der Waals surface area contributed by atoms with Gasteiger partial charge in [-0.2, -0.15) is 10.3 Å². The molecule has 1 N–H and O–H groups in total. The van der Waals surface area contributed by atoms with Crippen LogP contribution in [-0.2, 0) is 12.6 Å². The fourth-order valence-electron chi connectivity index (χ4n) is 3.93. The van der Waals surface area contributed by atoms with E-state index >= 15 is 0 Å². The zero-order valence-corrected chi connectivity index (χ0v) is 19.2. The van der Waals surface area contributed by atoms with Crippen molar-refractivity contribution in [2.24, 2.45) is 4.99 Å². The molecule has 0 amide bonds. The molecule has 1 aromatic carbocycles. The Morgan fingerprint density at radius 1 is 1.23 bits per heavy atom. The van der Waals surface area contributed by atoms with Crippen molar-refractivity contribution in [1.29, 1.82) is 5.26 Å². The molecule has 1 saturated heterocycles. The zero-order valence-electron chi connectivity index (χ0n) is 18.4. The maximum Gasteiger partial charge on any atom is 0.205 e. The lowest BCUT2D eigenvalue weighted by Crippen LogP contribution is -2.48. The van der Waals surface area contributed by atoms with Crippen LogP contribution in [0.2, 0.25) is 0 Å². The predicted molar refractivity (Wildman–Crippen MR) is 128 cm³/mol. The van der Waals surface area contributed by atoms with Crippen LogP contribution >= 0.6 is 0 Å². The molecule has 0 spiro atoms. The van der Waals surface area contributed by atoms with Crippen molar-refractivity contribution in [3.05, 3.63) is 30.0 Å². The Labute approximate surface area is 190 Å². The summed E-state index contributed by atoms with van der Waals surface area (Å²) in [4.78, 5) is 12.7. The van der Waals surface area contributed by atoms with Crippen molar-refractivity contribution in [2.45, 2.75) is 32.6 Å². The highest BCUT2D eigenvalue weighted by molar-refractivity contribution is 7.77. The smallest absolute Gasteiger partial charge is 0.205 e. The molecular weight excluding hydrogens is 408 g/mol. The summed E-state index contributed by atoms with van der Waals surface area (Å²) in [6.07, 6.45) is 8.39. The molecule has 2 heterocycles. The van der Waals surface area contributed by atoms with Gasteiger partial charge in [0, 0.05) is 50.4 Å². The van der Waals surface area contributed by atoms with Crippen molar-refractivity contribution in [3.8, 4) is 11.9 Å². The summed E-state index contributed by atoms with van der Waals surface area (Å²) in [7, 11) is 1.70. The molecule has 7 nitrogen and oxygen atoms in total. The average Bonchev–Trinajstić information content (AvgIpc) is 2.79. The summed E-state index contributed by atoms with van der Waals surface area (Å²) < 4.78 is 5.46. The van der Waals surface area contributed by atoms with Crippen molar-refractivity contribution in [3.63, 3.8) is 0 Å². The van der Waals surface area contributed by atoms with E-state index in [0.717, 1.165) is 68.0 Å². The lowest BCUT2D eigenvalue weighted by atomic mass is 10.1. The SMILES string of the molecule is COc1cc(NCCCCCCN2CCN(C([S-])=NC#N)CC2)c2nccc(C)c2c1. The largest absolute Gasteiger partial charge is 0.742 e. The number of nitrogens with zero attached hydrogens (tertiary/aromatic N) is 5. The van der Waals surface area contributed by atoms with Crippen LogP contribution in [0, 0.1) is 18.4 Å². The topological polar surface area (TPSA) is 76.8 Å². The Morgan fingerprint density at radius 3 is 2.74 bits per heavy atom. The summed E-state index contributed by atoms with van der Waals surface area (Å²) in [6, 6.07) is 6.11. The van der Waals surface area contributed by atoms with E-state index in [1.165, 1.54) is 24.8 Å². The number of nitrogens with one attached hydrogen (secondary N) is 1. The van der Waals surface area contributed by atoms with Gasteiger partial charge in [-0.25, -0.2) is 0 Å². The number of unbranched alkanes of at least 4 members (excludes halogenated alkanes) is 3. The van der Waals surface area contributed by atoms with Crippen molar-refractivity contribution >= 4 is 34.4 Å². The van der Waals surface area contributed by atoms with Crippen LogP contribution < -0.4 is 10.1 Å². The number of hydrogen-bond acceptors (Lipinski definition) is 7. The summed E-state index contributed by atoms with van der Waals surface area (Å²) in [5.74, 6) is 0.855. The second kappa shape index (κ2) is 11.7. The maximum absolute atomic E-state index is 8.62. The third kappa shape index (κ3) is 6.42. The minimum atomic E-state index is 0.420. The molecule has 8 heteroatoms. The van der Waals surface area contributed by atoms with Gasteiger partial charge in [0.2, 0.25) is 6.19 Å². The van der Waals surface area contributed by atoms with E-state index in [4.69, 9.17) is 22.6 Å². The number of fused-ring (bicyclic) bond motifs is 1. The van der Waals surface area contributed by atoms with Gasteiger partial charge in [0.25, 0.3) is 0 Å². The van der Waals surface area contributed by atoms with E-state index in [1.807, 2.05) is 23.2 Å². The van der Waals surface area contributed by atoms with Gasteiger partial charge in [0.1, 0.15) is 5.75 Å². The summed E-state index contributed by atoms with van der Waals surface area (Å²) in [5.41, 5.74) is 3.24. The van der Waals surface area contributed by atoms with Crippen LogP contribution in [0.15, 0.2) is 29.4 Å². The minimum Gasteiger partial charge on any atom is -0.742 e. The van der Waals surface area contributed by atoms with Gasteiger partial charge >= 0.3 is 0 Å². The molecule has 31 heavy (non-hydrogen) atoms. The van der Waals surface area contributed by atoms with E-state index in [9.17, 15) is 0 Å². The van der Waals surface area contributed by atoms with E-state index < -0.39 is 0 Å². The van der Waals surface area contributed by atoms with Crippen LogP contribution in [0.25, 0.3) is 10.9 Å². The predicted octanol–water partition coefficient (Wildman–Crippen LogP) is 3.53. The van der Waals surface area contributed by atoms with Gasteiger partial charge < -0.3 is 27.6 Å². The molecule has 1 fully saturated rings. The Balaban J connectivity index is 1.35. The number of methoxy groups -OCH3 is 1. The molecular formula is C23H31N6OS-. The Kier molecular flexibility index (Phi) is 8.68. The molecule has 0 atom stereocenters. The van der Waals surface area contributed by atoms with Crippen LogP contribution in [0.4, 0.5) is 5.69 Å². The summed E-state index contributed by atoms with van der Waals surface area (Å²) >= 11 is 5.14. The van der Waals surface area contributed by atoms with E-state index in [0.29, 0.717) is 5.17 Å². The first-order valence-electron chi connectivity index (χ1n) is 10.9. The first kappa shape index (κ1) is 23.0. The van der Waals surface area contributed by atoms with Crippen molar-refractivity contribution in [1.82, 2.24) is 14.8 Å². The van der Waals surface area contributed by atoms with Crippen molar-refractivity contribution in [2.75, 3.05) is 51.7 Å². The number of ether oxygens (including phenoxy) is 1. The number of pyridine rings is 1. The molecule has 0 bridgehead atoms. The quantitative estimate of drug-likeness (QED) is 0.211. The lowest BCUT2D eigenvalue weighted by Gasteiger charge is -2.38. The highest BCUT2D eigenvalue weighted by Gasteiger charge is 2.15. The third-order valence-electron chi connectivity index (χ3n) is 5.78. The van der Waals surface area contributed by atoms with Gasteiger partial charge in [-0.15, -0.1) is 0 Å². The van der Waals surface area contributed by atoms with Gasteiger partial charge in [-0.3, -0.25) is 9.88 Å². The first-order chi connectivity index (χ1) is 15.1. The Bertz CT molecular complexity index is 934. The highest BCUT2D eigenvalue weighted by Crippen LogP contribution is 2.29. The lowest BCUT2D eigenvalue weighted by molar-refractivity contribution is 0.181. The monoisotopic (exact) mass is 439 g/mol. The number of aliphatic imine (C=N–C) groups is 1. The Morgan fingerprint density at radius 2 is 2.00 bits per heavy atom. The van der Waals surface area contributed by atoms with Crippen LogP contribution in [0.1, 0.15) is 31.2 Å². The number of aryl methyl sites for hydroxylation is 1. The fraction of sp³-hybridized carbons (Fsp3) is 0.522. The van der Waals surface area contributed by atoms with Crippen molar-refractivity contribution < 1.29 is 4.74 Å². The average molecular weight is 440 g/mol. The van der Waals surface area contributed by atoms with Gasteiger partial charge in [-0.05, 0) is 49.2 Å². The number of nitriles is 1. The number of benzene rings is 1. The summed E-state index contributed by atoms with van der Waals surface area (Å²) in [6.45, 7) is 7.83. The zero-order chi connectivity index (χ0) is 22.1. The second-order valence-corrected chi connectivity index (χ2v) is 8.23. The fourth-order valence-corrected chi connectivity index (χ4v) is 4.15. The molecule has 1 aromatic heterocycles. The molecule has 166 valence electrons. The van der Waals surface area contributed by atoms with Crippen LogP contribution in [-0.4, -0.2) is 66.3 Å². The second-order valence-electron chi connectivity index (χ2n) is 7.86. The normalized spacial score (nSPS) is 15.1. The molecule has 0 unspecified atom stereocenters. The van der Waals surface area contributed by atoms with Crippen LogP contribution in [0.5, 0.6) is 5.75 Å². The first-order valence-corrected chi connectivity index (χ1v) is 11.3. The number of piperazine rings is 1. The molecule has 0 saturated carbocycles. The standard InChI is InChI=1S/C23H32N6OS/c1-18-7-9-26-22-20(18)15-19(30-2)16-21(22)25-8-5-3-4-6-10-28-11-13-29(14-12-28)23(31)27-17-24/h7,9,15-16,25H,3-6,8,10-14H2,1-2H3,(H,27,31)/p-1. The number of rotatable bonds is 9. The van der Waals surface area contributed by atoms with Gasteiger partial charge in [-0.1, -0.05) is 12.8 Å². The number of aromatic nitrogens is 1. The molecule has 1 aliphatic rings. The van der Waals surface area contributed by atoms with Gasteiger partial charge in [0.15, 0.2) is 0 Å². The number of amidine groups is 1. The molecule has 0 radical (unpaired) electrons. The summed E-state index contributed by atoms with van der Waals surface area (Å²) in [5, 5.41) is 13.7. The third-order valence-corrected chi connectivity index (χ3v) is 6.13. The van der Waals surface area contributed by atoms with Gasteiger partial charge in [0.05, 0.1) is 18.3 Å². The molecule has 0 aliphatic carbocycles. The van der Waals surface area contributed by atoms with E-state index in [2.05, 4.69) is 33.2 Å². The number of anilines is 1. The minimum absolute atomic E-state index is 0.420. The van der Waals surface area contributed by atoms with E-state index in [-0.39, 0.29) is 0 Å². The maximum atomic E-state index is 8.62. The highest BCUT2D eigenvalue weighted by atomic mass is 32.1. The Hall–Kier alpha value is -2.63.